The molecule has 0 N–H and O–H groups in total. The zero-order valence-electron chi connectivity index (χ0n) is 6.24. The van der Waals surface area contributed by atoms with Gasteiger partial charge in [0.2, 0.25) is 0 Å². The summed E-state index contributed by atoms with van der Waals surface area (Å²) >= 11 is 3.77. The van der Waals surface area contributed by atoms with Crippen LogP contribution in [0.5, 0.6) is 0 Å². The number of rotatable bonds is 2. The van der Waals surface area contributed by atoms with E-state index in [1.54, 1.807) is 0 Å². The number of hydrogen-bond acceptors (Lipinski definition) is 0. The molecule has 2 heteroatoms. The Hall–Kier alpha value is 0.910. The van der Waals surface area contributed by atoms with Gasteiger partial charge in [0.05, 0.1) is 0 Å². The molecule has 0 aliphatic carbocycles. The second-order valence-electron chi connectivity index (χ2n) is 3.64. The van der Waals surface area contributed by atoms with E-state index >= 15 is 0 Å². The minimum atomic E-state index is -1.29. The van der Waals surface area contributed by atoms with Gasteiger partial charge in [-0.25, -0.2) is 0 Å². The SMILES string of the molecule is CCCP(C)(C)(C)Br. The van der Waals surface area contributed by atoms with E-state index in [1.807, 2.05) is 0 Å². The van der Waals surface area contributed by atoms with Crippen LogP contribution in [0.15, 0.2) is 0 Å². The van der Waals surface area contributed by atoms with Gasteiger partial charge in [0.1, 0.15) is 0 Å². The summed E-state index contributed by atoms with van der Waals surface area (Å²) in [5, 5.41) is -1.29. The fourth-order valence-electron chi connectivity index (χ4n) is 0.755. The third-order valence-electron chi connectivity index (χ3n) is 0.979. The Balaban J connectivity index is 3.73. The first-order valence-corrected chi connectivity index (χ1v) is 8.82. The van der Waals surface area contributed by atoms with Gasteiger partial charge in [-0.15, -0.1) is 0 Å². The van der Waals surface area contributed by atoms with E-state index in [4.69, 9.17) is 0 Å². The molecule has 0 saturated carbocycles. The van der Waals surface area contributed by atoms with E-state index in [0.29, 0.717) is 0 Å². The molecule has 0 aliphatic heterocycles. The summed E-state index contributed by atoms with van der Waals surface area (Å²) in [4.78, 5) is 0. The van der Waals surface area contributed by atoms with Crippen molar-refractivity contribution in [3.63, 3.8) is 0 Å². The van der Waals surface area contributed by atoms with Crippen LogP contribution in [0.25, 0.3) is 0 Å². The molecule has 52 valence electrons. The quantitative estimate of drug-likeness (QED) is 0.599. The van der Waals surface area contributed by atoms with Crippen molar-refractivity contribution < 1.29 is 0 Å². The van der Waals surface area contributed by atoms with E-state index in [-0.39, 0.29) is 0 Å². The molecule has 0 unspecified atom stereocenters. The first kappa shape index (κ1) is 8.91. The van der Waals surface area contributed by atoms with Gasteiger partial charge in [0.15, 0.2) is 0 Å². The third kappa shape index (κ3) is 6.91. The Bertz CT molecular complexity index is 71.0. The first-order valence-electron chi connectivity index (χ1n) is 3.03. The Morgan fingerprint density at radius 3 is 1.62 bits per heavy atom. The summed E-state index contributed by atoms with van der Waals surface area (Å²) in [5.41, 5.74) is 0. The Morgan fingerprint density at radius 2 is 1.62 bits per heavy atom. The molecule has 0 nitrogen and oxygen atoms in total. The van der Waals surface area contributed by atoms with E-state index in [9.17, 15) is 0 Å². The Labute approximate surface area is 60.7 Å². The van der Waals surface area contributed by atoms with Gasteiger partial charge < -0.3 is 0 Å². The molecule has 0 aliphatic rings. The molecular weight excluding hydrogens is 183 g/mol. The van der Waals surface area contributed by atoms with Crippen molar-refractivity contribution in [3.8, 4) is 0 Å². The maximum atomic E-state index is 3.77. The molecule has 0 rings (SSSR count). The standard InChI is InChI=1S/C6H16BrP/c1-5-6-8(2,3,4)7/h5-6H2,1-4H3. The van der Waals surface area contributed by atoms with Crippen LogP contribution >= 0.6 is 20.8 Å². The molecule has 0 fully saturated rings. The predicted molar refractivity (Wildman–Crippen MR) is 48.8 cm³/mol. The van der Waals surface area contributed by atoms with Gasteiger partial charge in [-0.05, 0) is 0 Å². The molecular formula is C6H16BrP. The predicted octanol–water partition coefficient (Wildman–Crippen LogP) is 3.15. The minimum absolute atomic E-state index is 1.29. The van der Waals surface area contributed by atoms with Crippen LogP contribution in [0.3, 0.4) is 0 Å². The van der Waals surface area contributed by atoms with Gasteiger partial charge in [-0.1, -0.05) is 0 Å². The van der Waals surface area contributed by atoms with Gasteiger partial charge in [0.25, 0.3) is 0 Å². The van der Waals surface area contributed by atoms with Crippen LogP contribution in [-0.2, 0) is 0 Å². The van der Waals surface area contributed by atoms with Crippen molar-refractivity contribution in [2.24, 2.45) is 0 Å². The van der Waals surface area contributed by atoms with Gasteiger partial charge >= 0.3 is 60.3 Å². The van der Waals surface area contributed by atoms with Gasteiger partial charge in [0, 0.05) is 0 Å². The fraction of sp³-hybridized carbons (Fsp3) is 1.00. The summed E-state index contributed by atoms with van der Waals surface area (Å²) in [6.07, 6.45) is 2.65. The van der Waals surface area contributed by atoms with Crippen LogP contribution in [0.2, 0.25) is 0 Å². The van der Waals surface area contributed by atoms with Crippen LogP contribution in [0.1, 0.15) is 13.3 Å². The molecule has 0 amide bonds. The van der Waals surface area contributed by atoms with Gasteiger partial charge in [-0.2, -0.15) is 0 Å². The van der Waals surface area contributed by atoms with Crippen LogP contribution in [0.4, 0.5) is 0 Å². The summed E-state index contributed by atoms with van der Waals surface area (Å²) in [7, 11) is 0. The molecule has 0 heterocycles. The summed E-state index contributed by atoms with van der Waals surface area (Å²) < 4.78 is 0. The monoisotopic (exact) mass is 198 g/mol. The molecule has 0 radical (unpaired) electrons. The van der Waals surface area contributed by atoms with Crippen LogP contribution in [-0.4, -0.2) is 26.2 Å². The normalized spacial score (nSPS) is 17.4. The third-order valence-corrected chi connectivity index (χ3v) is 4.00. The number of halogens is 1. The topological polar surface area (TPSA) is 0 Å². The molecule has 0 atom stereocenters. The maximum absolute atomic E-state index is 3.77. The van der Waals surface area contributed by atoms with Crippen LogP contribution in [0, 0.1) is 0 Å². The van der Waals surface area contributed by atoms with E-state index in [0.717, 1.165) is 0 Å². The molecule has 8 heavy (non-hydrogen) atoms. The molecule has 0 bridgehead atoms. The van der Waals surface area contributed by atoms with Crippen molar-refractivity contribution in [1.82, 2.24) is 0 Å². The fourth-order valence-corrected chi connectivity index (χ4v) is 3.33. The summed E-state index contributed by atoms with van der Waals surface area (Å²) in [6, 6.07) is 0. The Kier molecular flexibility index (Phi) is 2.52. The van der Waals surface area contributed by atoms with Gasteiger partial charge in [-0.3, -0.25) is 0 Å². The zero-order valence-corrected chi connectivity index (χ0v) is 8.72. The molecule has 0 aromatic carbocycles. The van der Waals surface area contributed by atoms with E-state index < -0.39 is 5.31 Å². The summed E-state index contributed by atoms with van der Waals surface area (Å²) in [5.74, 6) is 0. The average molecular weight is 199 g/mol. The second-order valence-corrected chi connectivity index (χ2v) is 17.8. The van der Waals surface area contributed by atoms with Crippen molar-refractivity contribution in [3.05, 3.63) is 0 Å². The van der Waals surface area contributed by atoms with Crippen molar-refractivity contribution >= 4 is 20.8 Å². The van der Waals surface area contributed by atoms with Crippen molar-refractivity contribution in [1.29, 1.82) is 0 Å². The summed E-state index contributed by atoms with van der Waals surface area (Å²) in [6.45, 7) is 9.26. The van der Waals surface area contributed by atoms with Crippen LogP contribution < -0.4 is 0 Å². The molecule has 0 aromatic rings. The van der Waals surface area contributed by atoms with Crippen molar-refractivity contribution in [2.45, 2.75) is 13.3 Å². The zero-order chi connectivity index (χ0) is 6.86. The van der Waals surface area contributed by atoms with Crippen molar-refractivity contribution in [2.75, 3.05) is 26.2 Å². The second kappa shape index (κ2) is 2.27. The van der Waals surface area contributed by atoms with E-state index in [1.165, 1.54) is 12.6 Å². The molecule has 0 saturated heterocycles. The first-order chi connectivity index (χ1) is 3.31. The molecule has 0 spiro atoms. The number of hydrogen-bond donors (Lipinski definition) is 0. The Morgan fingerprint density at radius 1 is 1.25 bits per heavy atom. The average Bonchev–Trinajstić information content (AvgIpc) is 1.25. The van der Waals surface area contributed by atoms with E-state index in [2.05, 4.69) is 42.4 Å². The molecule has 0 aromatic heterocycles.